The number of aromatic nitrogens is 4. The van der Waals surface area contributed by atoms with E-state index in [2.05, 4.69) is 27.5 Å². The monoisotopic (exact) mass is 249 g/mol. The first-order valence-corrected chi connectivity index (χ1v) is 5.93. The number of hydrogen-bond donors (Lipinski definition) is 2. The lowest BCUT2D eigenvalue weighted by Gasteiger charge is -2.29. The first-order chi connectivity index (χ1) is 8.58. The molecule has 0 saturated carbocycles. The summed E-state index contributed by atoms with van der Waals surface area (Å²) >= 11 is 0. The molecule has 7 heteroatoms. The second-order valence-electron chi connectivity index (χ2n) is 4.82. The van der Waals surface area contributed by atoms with E-state index in [0.29, 0.717) is 11.5 Å². The molecule has 1 aliphatic rings. The summed E-state index contributed by atoms with van der Waals surface area (Å²) in [6.45, 7) is 4.86. The summed E-state index contributed by atoms with van der Waals surface area (Å²) in [5.41, 5.74) is 0.00883. The lowest BCUT2D eigenvalue weighted by atomic mass is 9.95. The number of fused-ring (bicyclic) bond motifs is 1. The zero-order valence-electron chi connectivity index (χ0n) is 10.3. The number of hydrogen-bond acceptors (Lipinski definition) is 5. The molecule has 0 bridgehead atoms. The maximum Gasteiger partial charge on any atom is 0.364 e. The Morgan fingerprint density at radius 1 is 1.61 bits per heavy atom. The van der Waals surface area contributed by atoms with Gasteiger partial charge in [-0.1, -0.05) is 0 Å². The minimum absolute atomic E-state index is 0.107. The molecule has 2 unspecified atom stereocenters. The Hall–Kier alpha value is -1.89. The molecular weight excluding hydrogens is 234 g/mol. The Labute approximate surface area is 103 Å². The Bertz CT molecular complexity index is 634. The van der Waals surface area contributed by atoms with E-state index in [4.69, 9.17) is 4.74 Å². The molecule has 1 fully saturated rings. The molecule has 3 heterocycles. The van der Waals surface area contributed by atoms with Crippen LogP contribution in [0.2, 0.25) is 0 Å². The van der Waals surface area contributed by atoms with E-state index in [-0.39, 0.29) is 17.3 Å². The highest BCUT2D eigenvalue weighted by molar-refractivity contribution is 5.44. The first-order valence-electron chi connectivity index (χ1n) is 5.93. The Morgan fingerprint density at radius 2 is 2.44 bits per heavy atom. The van der Waals surface area contributed by atoms with Crippen LogP contribution in [0.5, 0.6) is 0 Å². The summed E-state index contributed by atoms with van der Waals surface area (Å²) in [7, 11) is 0. The third kappa shape index (κ3) is 1.67. The largest absolute Gasteiger partial charge is 0.376 e. The van der Waals surface area contributed by atoms with Gasteiger partial charge in [0.15, 0.2) is 5.65 Å². The predicted molar refractivity (Wildman–Crippen MR) is 65.7 cm³/mol. The van der Waals surface area contributed by atoms with Gasteiger partial charge in [-0.3, -0.25) is 0 Å². The minimum atomic E-state index is -0.338. The normalized spacial score (nSPS) is 27.8. The van der Waals surface area contributed by atoms with Crippen LogP contribution in [0.25, 0.3) is 5.65 Å². The van der Waals surface area contributed by atoms with Gasteiger partial charge >= 0.3 is 5.69 Å². The van der Waals surface area contributed by atoms with Crippen LogP contribution in [-0.2, 0) is 4.74 Å². The van der Waals surface area contributed by atoms with Crippen molar-refractivity contribution in [1.29, 1.82) is 0 Å². The van der Waals surface area contributed by atoms with Crippen molar-refractivity contribution in [3.63, 3.8) is 0 Å². The van der Waals surface area contributed by atoms with Crippen molar-refractivity contribution in [1.82, 2.24) is 19.8 Å². The Morgan fingerprint density at radius 3 is 3.17 bits per heavy atom. The van der Waals surface area contributed by atoms with Gasteiger partial charge in [-0.15, -0.1) is 5.10 Å². The lowest BCUT2D eigenvalue weighted by Crippen LogP contribution is -2.41. The van der Waals surface area contributed by atoms with Crippen LogP contribution >= 0.6 is 0 Å². The van der Waals surface area contributed by atoms with Crippen molar-refractivity contribution in [3.8, 4) is 0 Å². The van der Waals surface area contributed by atoms with Gasteiger partial charge in [-0.2, -0.15) is 9.61 Å². The van der Waals surface area contributed by atoms with E-state index in [1.54, 1.807) is 6.07 Å². The van der Waals surface area contributed by atoms with Gasteiger partial charge in [-0.05, 0) is 32.4 Å². The van der Waals surface area contributed by atoms with Gasteiger partial charge < -0.3 is 10.1 Å². The van der Waals surface area contributed by atoms with E-state index in [1.807, 2.05) is 13.0 Å². The number of anilines is 1. The third-order valence-electron chi connectivity index (χ3n) is 3.57. The molecule has 2 atom stereocenters. The molecule has 18 heavy (non-hydrogen) atoms. The van der Waals surface area contributed by atoms with E-state index in [0.717, 1.165) is 13.0 Å². The van der Waals surface area contributed by atoms with E-state index < -0.39 is 0 Å². The smallest absolute Gasteiger partial charge is 0.364 e. The van der Waals surface area contributed by atoms with Crippen LogP contribution in [0.15, 0.2) is 16.9 Å². The van der Waals surface area contributed by atoms with Crippen LogP contribution in [0.1, 0.15) is 20.3 Å². The van der Waals surface area contributed by atoms with E-state index in [9.17, 15) is 4.79 Å². The summed E-state index contributed by atoms with van der Waals surface area (Å²) in [5, 5.41) is 13.8. The zero-order valence-corrected chi connectivity index (χ0v) is 10.3. The van der Waals surface area contributed by atoms with Crippen LogP contribution in [0.3, 0.4) is 0 Å². The standard InChI is InChI=1S/C11H15N5O2/c1-7-11(2,5-6-18-7)12-8-3-4-9-13-14-10(17)16(9)15-8/h3-4,7H,5-6H2,1-2H3,(H,12,15)(H,14,17). The number of ether oxygens (including phenoxy) is 1. The van der Waals surface area contributed by atoms with Crippen LogP contribution in [0, 0.1) is 0 Å². The maximum absolute atomic E-state index is 11.4. The van der Waals surface area contributed by atoms with Crippen molar-refractivity contribution in [2.45, 2.75) is 31.9 Å². The predicted octanol–water partition coefficient (Wildman–Crippen LogP) is 0.397. The average molecular weight is 249 g/mol. The number of aromatic amines is 1. The molecule has 0 amide bonds. The van der Waals surface area contributed by atoms with Crippen molar-refractivity contribution in [2.24, 2.45) is 0 Å². The maximum atomic E-state index is 11.4. The number of rotatable bonds is 2. The molecule has 1 aliphatic heterocycles. The molecular formula is C11H15N5O2. The highest BCUT2D eigenvalue weighted by atomic mass is 16.5. The molecule has 0 radical (unpaired) electrons. The van der Waals surface area contributed by atoms with Gasteiger partial charge in [-0.25, -0.2) is 9.89 Å². The zero-order chi connectivity index (χ0) is 12.8. The molecule has 2 aromatic heterocycles. The number of nitrogens with one attached hydrogen (secondary N) is 2. The summed E-state index contributed by atoms with van der Waals surface area (Å²) in [6.07, 6.45) is 1.02. The number of H-pyrrole nitrogens is 1. The topological polar surface area (TPSA) is 84.3 Å². The summed E-state index contributed by atoms with van der Waals surface area (Å²) in [6, 6.07) is 3.56. The minimum Gasteiger partial charge on any atom is -0.376 e. The molecule has 7 nitrogen and oxygen atoms in total. The number of nitrogens with zero attached hydrogens (tertiary/aromatic N) is 3. The van der Waals surface area contributed by atoms with Gasteiger partial charge in [0, 0.05) is 6.61 Å². The summed E-state index contributed by atoms with van der Waals surface area (Å²) in [4.78, 5) is 11.4. The van der Waals surface area contributed by atoms with E-state index >= 15 is 0 Å². The second kappa shape index (κ2) is 3.81. The quantitative estimate of drug-likeness (QED) is 0.804. The highest BCUT2D eigenvalue weighted by Crippen LogP contribution is 2.28. The Balaban J connectivity index is 1.95. The average Bonchev–Trinajstić information content (AvgIpc) is 2.85. The lowest BCUT2D eigenvalue weighted by molar-refractivity contribution is 0.105. The van der Waals surface area contributed by atoms with Gasteiger partial charge in [0.05, 0.1) is 11.6 Å². The first kappa shape index (κ1) is 11.2. The SMILES string of the molecule is CC1OCCC1(C)Nc1ccc2n[nH]c(=O)n2n1. The van der Waals surface area contributed by atoms with Crippen molar-refractivity contribution in [2.75, 3.05) is 11.9 Å². The molecule has 0 aromatic carbocycles. The van der Waals surface area contributed by atoms with Crippen molar-refractivity contribution >= 4 is 11.5 Å². The fraction of sp³-hybridized carbons (Fsp3) is 0.545. The summed E-state index contributed by atoms with van der Waals surface area (Å²) < 4.78 is 6.80. The third-order valence-corrected chi connectivity index (χ3v) is 3.57. The molecule has 2 aromatic rings. The van der Waals surface area contributed by atoms with Gasteiger partial charge in [0.25, 0.3) is 0 Å². The van der Waals surface area contributed by atoms with Crippen molar-refractivity contribution in [3.05, 3.63) is 22.6 Å². The summed E-state index contributed by atoms with van der Waals surface area (Å²) in [5.74, 6) is 0.644. The second-order valence-corrected chi connectivity index (χ2v) is 4.82. The highest BCUT2D eigenvalue weighted by Gasteiger charge is 2.37. The molecule has 3 rings (SSSR count). The van der Waals surface area contributed by atoms with Crippen LogP contribution < -0.4 is 11.0 Å². The molecule has 96 valence electrons. The fourth-order valence-electron chi connectivity index (χ4n) is 2.16. The van der Waals surface area contributed by atoms with Crippen LogP contribution in [-0.4, -0.2) is 38.1 Å². The fourth-order valence-corrected chi connectivity index (χ4v) is 2.16. The van der Waals surface area contributed by atoms with E-state index in [1.165, 1.54) is 4.52 Å². The Kier molecular flexibility index (Phi) is 2.37. The molecule has 2 N–H and O–H groups in total. The van der Waals surface area contributed by atoms with Crippen molar-refractivity contribution < 1.29 is 4.74 Å². The van der Waals surface area contributed by atoms with Gasteiger partial charge in [0.1, 0.15) is 5.82 Å². The molecule has 0 aliphatic carbocycles. The van der Waals surface area contributed by atoms with Crippen LogP contribution in [0.4, 0.5) is 5.82 Å². The molecule has 0 spiro atoms. The van der Waals surface area contributed by atoms with Gasteiger partial charge in [0.2, 0.25) is 0 Å². The molecule has 1 saturated heterocycles.